The van der Waals surface area contributed by atoms with Gasteiger partial charge in [-0.2, -0.15) is 58.9 Å². The standard InChI is InChI=1S/C18H31NO34S8/c1-6(20)19-7(16(21)22)2-3-54-18-15(53-61(41,42)43)12(50-58(32,33)34)10(8(47-18)4-44-55(23,24)25)48-17-14(52-60(38,39)40)13(51-59(35,36)37)11(49-57(29,30)31)9(46-17)5-45-56(26,27)28/h7-15,17-18H,2-5H2,1H3,(H,19,20)(H,21,22)(H,23,24,25)(H,26,27,28)(H,29,30,31)(H,32,33,34)(H,35,36,37)(H,38,39,40)(H,41,42,43)/t7?,8-,9-,10-,11-,12+,13+,14-,15-,17-,18+/m1/s1. The summed E-state index contributed by atoms with van der Waals surface area (Å²) >= 11 is 0.170. The number of carbonyl (C=O) groups is 2. The Labute approximate surface area is 348 Å². The molecule has 1 amide bonds. The average Bonchev–Trinajstić information content (AvgIpc) is 3.00. The number of rotatable bonds is 24. The first-order valence-corrected chi connectivity index (χ1v) is 25.4. The Kier molecular flexibility index (Phi) is 19.1. The molecule has 2 rings (SSSR count). The molecule has 2 aliphatic heterocycles. The monoisotopic (exact) mass is 1060 g/mol. The van der Waals surface area contributed by atoms with Crippen molar-refractivity contribution in [3.63, 3.8) is 0 Å². The average molecular weight is 1060 g/mol. The fraction of sp³-hybridized carbons (Fsp3) is 0.889. The van der Waals surface area contributed by atoms with Crippen molar-refractivity contribution in [1.29, 1.82) is 0 Å². The molecule has 2 saturated heterocycles. The smallest absolute Gasteiger partial charge is 0.397 e. The van der Waals surface area contributed by atoms with E-state index in [1.807, 2.05) is 5.32 Å². The largest absolute Gasteiger partial charge is 0.480 e. The maximum Gasteiger partial charge on any atom is 0.397 e. The molecule has 1 unspecified atom stereocenters. The number of nitrogens with one attached hydrogen (secondary N) is 1. The first-order chi connectivity index (χ1) is 27.2. The zero-order valence-electron chi connectivity index (χ0n) is 29.1. The van der Waals surface area contributed by atoms with E-state index in [1.54, 1.807) is 0 Å². The second-order valence-corrected chi connectivity index (χ2v) is 19.9. The van der Waals surface area contributed by atoms with E-state index < -0.39 is 177 Å². The molecular weight excluding hydrogens is 1030 g/mol. The van der Waals surface area contributed by atoms with Crippen LogP contribution in [-0.2, 0) is 126 Å². The van der Waals surface area contributed by atoms with Gasteiger partial charge in [-0.15, -0.1) is 11.8 Å². The van der Waals surface area contributed by atoms with Crippen molar-refractivity contribution >= 4 is 96.4 Å². The zero-order chi connectivity index (χ0) is 47.3. The summed E-state index contributed by atoms with van der Waals surface area (Å²) in [6.07, 6.45) is -27.9. The van der Waals surface area contributed by atoms with E-state index in [1.165, 1.54) is 0 Å². The number of ether oxygens (including phenoxy) is 3. The molecule has 0 spiro atoms. The summed E-state index contributed by atoms with van der Waals surface area (Å²) < 4.78 is 277. The van der Waals surface area contributed by atoms with Gasteiger partial charge in [0.1, 0.15) is 54.2 Å². The minimum atomic E-state index is -6.16. The lowest BCUT2D eigenvalue weighted by atomic mass is 9.97. The first-order valence-electron chi connectivity index (χ1n) is 14.8. The molecule has 0 aromatic rings. The Balaban J connectivity index is 2.96. The molecule has 0 aromatic carbocycles. The summed E-state index contributed by atoms with van der Waals surface area (Å²) in [4.78, 5) is 23.1. The van der Waals surface area contributed by atoms with Crippen LogP contribution in [0.25, 0.3) is 0 Å². The molecule has 35 nitrogen and oxygen atoms in total. The Hall–Kier alpha value is -1.74. The quantitative estimate of drug-likeness (QED) is 0.0407. The summed E-state index contributed by atoms with van der Waals surface area (Å²) in [6, 6.07) is -1.72. The minimum absolute atomic E-state index is 0.170. The van der Waals surface area contributed by atoms with Crippen LogP contribution in [0.3, 0.4) is 0 Å². The van der Waals surface area contributed by atoms with E-state index in [0.29, 0.717) is 0 Å². The molecule has 61 heavy (non-hydrogen) atoms. The zero-order valence-corrected chi connectivity index (χ0v) is 35.7. The number of aliphatic carboxylic acids is 1. The molecule has 43 heteroatoms. The van der Waals surface area contributed by atoms with Gasteiger partial charge in [0, 0.05) is 6.92 Å². The number of carboxylic acid groups (broad SMARTS) is 1. The molecule has 0 radical (unpaired) electrons. The maximum atomic E-state index is 12.1. The van der Waals surface area contributed by atoms with Gasteiger partial charge in [0.15, 0.2) is 12.4 Å². The number of hydrogen-bond acceptors (Lipinski definition) is 27. The molecule has 0 bridgehead atoms. The van der Waals surface area contributed by atoms with Gasteiger partial charge in [0.25, 0.3) is 0 Å². The summed E-state index contributed by atoms with van der Waals surface area (Å²) in [7, 11) is -41.7. The molecule has 9 N–H and O–H groups in total. The highest BCUT2D eigenvalue weighted by Gasteiger charge is 2.58. The lowest BCUT2D eigenvalue weighted by Gasteiger charge is -2.48. The first kappa shape index (κ1) is 55.4. The van der Waals surface area contributed by atoms with Gasteiger partial charge in [-0.3, -0.25) is 36.7 Å². The van der Waals surface area contributed by atoms with Gasteiger partial charge in [-0.25, -0.2) is 34.1 Å². The van der Waals surface area contributed by atoms with Crippen LogP contribution in [0.2, 0.25) is 0 Å². The van der Waals surface area contributed by atoms with Crippen LogP contribution >= 0.6 is 11.8 Å². The summed E-state index contributed by atoms with van der Waals surface area (Å²) in [6.45, 7) is -2.72. The van der Waals surface area contributed by atoms with Crippen LogP contribution in [0.4, 0.5) is 0 Å². The highest BCUT2D eigenvalue weighted by Crippen LogP contribution is 2.39. The number of carbonyl (C=O) groups excluding carboxylic acids is 1. The molecule has 0 saturated carbocycles. The number of thioether (sulfide) groups is 1. The number of hydrogen-bond donors (Lipinski definition) is 9. The molecule has 0 aromatic heterocycles. The van der Waals surface area contributed by atoms with Crippen LogP contribution in [-0.4, -0.2) is 193 Å². The Morgan fingerprint density at radius 1 is 0.557 bits per heavy atom. The molecule has 2 heterocycles. The van der Waals surface area contributed by atoms with Crippen LogP contribution < -0.4 is 5.32 Å². The SMILES string of the molecule is CC(=O)NC(CCS[C@@H]1O[C@H](COS(=O)(=O)O)[C@@H](O[C@H]2O[C@H](COS(=O)(=O)O)[C@@H](OS(=O)(=O)O)[C@H](OS(=O)(=O)O)[C@H]2OS(=O)(=O)O)[C@H](OS(=O)(=O)O)[C@H]1OS(=O)(=O)O)C(=O)O. The van der Waals surface area contributed by atoms with Crippen molar-refractivity contribution in [1.82, 2.24) is 5.32 Å². The van der Waals surface area contributed by atoms with Gasteiger partial charge in [0.2, 0.25) is 5.91 Å². The third kappa shape index (κ3) is 21.2. The fourth-order valence-corrected chi connectivity index (χ4v) is 9.34. The summed E-state index contributed by atoms with van der Waals surface area (Å²) in [5.74, 6) is -3.20. The second-order valence-electron chi connectivity index (χ2n) is 11.3. The van der Waals surface area contributed by atoms with Gasteiger partial charge in [0.05, 0.1) is 13.2 Å². The van der Waals surface area contributed by atoms with Crippen molar-refractivity contribution in [2.75, 3.05) is 19.0 Å². The normalized spacial score (nSPS) is 29.1. The maximum absolute atomic E-state index is 12.1. The van der Waals surface area contributed by atoms with Crippen LogP contribution in [0.1, 0.15) is 13.3 Å². The van der Waals surface area contributed by atoms with Crippen molar-refractivity contribution in [3.05, 3.63) is 0 Å². The lowest BCUT2D eigenvalue weighted by Crippen LogP contribution is -2.67. The summed E-state index contributed by atoms with van der Waals surface area (Å²) in [5.41, 5.74) is -2.29. The number of carboxylic acids is 1. The van der Waals surface area contributed by atoms with Crippen molar-refractivity contribution in [2.24, 2.45) is 0 Å². The fourth-order valence-electron chi connectivity index (χ4n) is 4.94. The van der Waals surface area contributed by atoms with E-state index >= 15 is 0 Å². The second kappa shape index (κ2) is 21.0. The van der Waals surface area contributed by atoms with Gasteiger partial charge in [-0.05, 0) is 12.2 Å². The van der Waals surface area contributed by atoms with Crippen LogP contribution in [0.15, 0.2) is 0 Å². The van der Waals surface area contributed by atoms with E-state index in [2.05, 4.69) is 29.3 Å². The Bertz CT molecular complexity index is 2350. The summed E-state index contributed by atoms with van der Waals surface area (Å²) in [5, 5.41) is 11.4. The molecule has 11 atom stereocenters. The third-order valence-electron chi connectivity index (χ3n) is 6.76. The molecule has 2 fully saturated rings. The van der Waals surface area contributed by atoms with Crippen molar-refractivity contribution < 1.29 is 149 Å². The van der Waals surface area contributed by atoms with Crippen LogP contribution in [0.5, 0.6) is 0 Å². The van der Waals surface area contributed by atoms with E-state index in [9.17, 15) is 101 Å². The predicted octanol–water partition coefficient (Wildman–Crippen LogP) is -5.89. The number of amides is 1. The van der Waals surface area contributed by atoms with Crippen molar-refractivity contribution in [3.8, 4) is 0 Å². The third-order valence-corrected chi connectivity index (χ3v) is 11.1. The molecular formula is C18H31NO34S8. The van der Waals surface area contributed by atoms with E-state index in [-0.39, 0.29) is 11.8 Å². The molecule has 0 aliphatic carbocycles. The highest BCUT2D eigenvalue weighted by atomic mass is 32.3. The van der Waals surface area contributed by atoms with Crippen LogP contribution in [0, 0.1) is 0 Å². The van der Waals surface area contributed by atoms with Gasteiger partial charge in [-0.1, -0.05) is 0 Å². The minimum Gasteiger partial charge on any atom is -0.480 e. The van der Waals surface area contributed by atoms with E-state index in [4.69, 9.17) is 18.8 Å². The topological polar surface area (TPSA) is 539 Å². The van der Waals surface area contributed by atoms with Gasteiger partial charge < -0.3 is 24.6 Å². The highest BCUT2D eigenvalue weighted by molar-refractivity contribution is 7.99. The Morgan fingerprint density at radius 2 is 0.934 bits per heavy atom. The Morgan fingerprint density at radius 3 is 1.33 bits per heavy atom. The van der Waals surface area contributed by atoms with Gasteiger partial charge >= 0.3 is 78.8 Å². The van der Waals surface area contributed by atoms with Crippen molar-refractivity contribution in [2.45, 2.75) is 79.9 Å². The molecule has 360 valence electrons. The van der Waals surface area contributed by atoms with E-state index in [0.717, 1.165) is 6.92 Å². The predicted molar refractivity (Wildman–Crippen MR) is 182 cm³/mol. The lowest BCUT2D eigenvalue weighted by molar-refractivity contribution is -0.325. The molecule has 2 aliphatic rings.